The molecule has 0 aromatic heterocycles. The van der Waals surface area contributed by atoms with Crippen LogP contribution in [-0.2, 0) is 23.9 Å². The Morgan fingerprint density at radius 3 is 1.82 bits per heavy atom. The second kappa shape index (κ2) is 14.6. The second-order valence-electron chi connectivity index (χ2n) is 12.3. The van der Waals surface area contributed by atoms with Crippen molar-refractivity contribution in [2.45, 2.75) is 113 Å². The third kappa shape index (κ3) is 9.61. The SMILES string of the molecule is CCC(C)(C)C(=O)Oc1ccc(C(C(C)C(C)OC(=O)CCC(C)C)[C@H](N)C(=O)O)cc1OC(=O)C(C)(C)CC. The van der Waals surface area contributed by atoms with Gasteiger partial charge in [0.1, 0.15) is 12.1 Å². The third-order valence-corrected chi connectivity index (χ3v) is 7.85. The molecule has 4 atom stereocenters. The van der Waals surface area contributed by atoms with E-state index in [0.717, 1.165) is 0 Å². The van der Waals surface area contributed by atoms with Gasteiger partial charge in [0.25, 0.3) is 0 Å². The summed E-state index contributed by atoms with van der Waals surface area (Å²) < 4.78 is 17.0. The molecule has 0 aliphatic carbocycles. The number of carbonyl (C=O) groups is 4. The Labute approximate surface area is 239 Å². The molecule has 0 heterocycles. The molecule has 9 heteroatoms. The van der Waals surface area contributed by atoms with E-state index < -0.39 is 52.7 Å². The monoisotopic (exact) mass is 563 g/mol. The van der Waals surface area contributed by atoms with E-state index in [1.54, 1.807) is 47.6 Å². The molecule has 1 rings (SSSR count). The minimum Gasteiger partial charge on any atom is -0.480 e. The molecule has 1 aromatic rings. The van der Waals surface area contributed by atoms with Crippen LogP contribution in [0.25, 0.3) is 0 Å². The molecule has 9 nitrogen and oxygen atoms in total. The second-order valence-corrected chi connectivity index (χ2v) is 12.3. The molecule has 3 unspecified atom stereocenters. The Morgan fingerprint density at radius 1 is 0.875 bits per heavy atom. The lowest BCUT2D eigenvalue weighted by Gasteiger charge is -2.32. The molecule has 0 bridgehead atoms. The normalized spacial score (nSPS) is 15.1. The highest BCUT2D eigenvalue weighted by molar-refractivity contribution is 5.82. The van der Waals surface area contributed by atoms with Crippen molar-refractivity contribution in [1.82, 2.24) is 0 Å². The first kappa shape index (κ1) is 35.1. The Bertz CT molecular complexity index is 1050. The van der Waals surface area contributed by atoms with Crippen molar-refractivity contribution < 1.29 is 38.5 Å². The van der Waals surface area contributed by atoms with Gasteiger partial charge in [-0.25, -0.2) is 0 Å². The van der Waals surface area contributed by atoms with Gasteiger partial charge in [0, 0.05) is 18.3 Å². The van der Waals surface area contributed by atoms with Gasteiger partial charge in [-0.15, -0.1) is 0 Å². The molecule has 0 amide bonds. The van der Waals surface area contributed by atoms with E-state index in [2.05, 4.69) is 0 Å². The van der Waals surface area contributed by atoms with Crippen LogP contribution in [0.4, 0.5) is 0 Å². The zero-order chi connectivity index (χ0) is 31.0. The number of carbonyl (C=O) groups excluding carboxylic acids is 3. The van der Waals surface area contributed by atoms with E-state index >= 15 is 0 Å². The van der Waals surface area contributed by atoms with Crippen LogP contribution >= 0.6 is 0 Å². The van der Waals surface area contributed by atoms with Crippen LogP contribution in [0, 0.1) is 22.7 Å². The molecule has 0 fully saturated rings. The molecule has 40 heavy (non-hydrogen) atoms. The smallest absolute Gasteiger partial charge is 0.321 e. The number of aliphatic carboxylic acids is 1. The van der Waals surface area contributed by atoms with Crippen LogP contribution in [0.1, 0.15) is 106 Å². The summed E-state index contributed by atoms with van der Waals surface area (Å²) in [4.78, 5) is 50.3. The summed E-state index contributed by atoms with van der Waals surface area (Å²) in [6.45, 7) is 18.2. The lowest BCUT2D eigenvalue weighted by Crippen LogP contribution is -2.42. The Balaban J connectivity index is 3.54. The number of carboxylic acids is 1. The van der Waals surface area contributed by atoms with Gasteiger partial charge in [-0.1, -0.05) is 40.7 Å². The summed E-state index contributed by atoms with van der Waals surface area (Å²) >= 11 is 0. The predicted molar refractivity (Wildman–Crippen MR) is 153 cm³/mol. The molecule has 0 saturated carbocycles. The Kier molecular flexibility index (Phi) is 12.8. The molecule has 0 spiro atoms. The maximum absolute atomic E-state index is 13.0. The standard InChI is InChI=1S/C31H49NO8/c1-11-30(7,8)28(36)39-22-15-14-21(17-23(22)40-29(37)31(9,10)12-2)25(26(32)27(34)35)19(5)20(6)38-24(33)16-13-18(3)4/h14-15,17-20,25-26H,11-13,16,32H2,1-10H3,(H,34,35)/t19?,20?,25?,26-/m0/s1. The average Bonchev–Trinajstić information content (AvgIpc) is 2.88. The van der Waals surface area contributed by atoms with Crippen LogP contribution < -0.4 is 15.2 Å². The summed E-state index contributed by atoms with van der Waals surface area (Å²) in [7, 11) is 0. The van der Waals surface area contributed by atoms with Crippen molar-refractivity contribution in [3.05, 3.63) is 23.8 Å². The summed E-state index contributed by atoms with van der Waals surface area (Å²) in [5.41, 5.74) is 5.01. The molecule has 0 saturated heterocycles. The fourth-order valence-electron chi connectivity index (χ4n) is 3.72. The fourth-order valence-corrected chi connectivity index (χ4v) is 3.72. The average molecular weight is 564 g/mol. The number of hydrogen-bond acceptors (Lipinski definition) is 8. The third-order valence-electron chi connectivity index (χ3n) is 7.85. The van der Waals surface area contributed by atoms with Crippen LogP contribution in [0.2, 0.25) is 0 Å². The van der Waals surface area contributed by atoms with E-state index in [1.165, 1.54) is 12.1 Å². The first-order valence-electron chi connectivity index (χ1n) is 14.1. The summed E-state index contributed by atoms with van der Waals surface area (Å²) in [6, 6.07) is 3.22. The largest absolute Gasteiger partial charge is 0.480 e. The molecule has 226 valence electrons. The van der Waals surface area contributed by atoms with E-state index in [9.17, 15) is 24.3 Å². The lowest BCUT2D eigenvalue weighted by atomic mass is 9.79. The molecule has 1 aromatic carbocycles. The number of nitrogens with two attached hydrogens (primary N) is 1. The van der Waals surface area contributed by atoms with Gasteiger partial charge in [-0.05, 0) is 77.5 Å². The minimum absolute atomic E-state index is 0.0133. The van der Waals surface area contributed by atoms with Crippen molar-refractivity contribution in [3.8, 4) is 11.5 Å². The number of ether oxygens (including phenoxy) is 3. The molecular weight excluding hydrogens is 514 g/mol. The number of rotatable bonds is 15. The zero-order valence-corrected chi connectivity index (χ0v) is 25.8. The van der Waals surface area contributed by atoms with Gasteiger partial charge < -0.3 is 25.1 Å². The fraction of sp³-hybridized carbons (Fsp3) is 0.677. The Hall–Kier alpha value is -2.94. The van der Waals surface area contributed by atoms with Crippen LogP contribution in [0.15, 0.2) is 18.2 Å². The summed E-state index contributed by atoms with van der Waals surface area (Å²) in [5, 5.41) is 9.83. The molecule has 0 aliphatic rings. The lowest BCUT2D eigenvalue weighted by molar-refractivity contribution is -0.151. The van der Waals surface area contributed by atoms with E-state index in [0.29, 0.717) is 30.7 Å². The molecular formula is C31H49NO8. The van der Waals surface area contributed by atoms with E-state index in [1.807, 2.05) is 27.7 Å². The van der Waals surface area contributed by atoms with Gasteiger partial charge in [-0.2, -0.15) is 0 Å². The van der Waals surface area contributed by atoms with Crippen LogP contribution in [0.3, 0.4) is 0 Å². The summed E-state index contributed by atoms with van der Waals surface area (Å²) in [5.74, 6) is -3.60. The predicted octanol–water partition coefficient (Wildman–Crippen LogP) is 5.87. The van der Waals surface area contributed by atoms with Crippen LogP contribution in [-0.4, -0.2) is 41.1 Å². The number of esters is 3. The topological polar surface area (TPSA) is 142 Å². The summed E-state index contributed by atoms with van der Waals surface area (Å²) in [6.07, 6.45) is 1.32. The molecule has 0 aliphatic heterocycles. The van der Waals surface area contributed by atoms with Crippen molar-refractivity contribution in [3.63, 3.8) is 0 Å². The quantitative estimate of drug-likeness (QED) is 0.198. The Morgan fingerprint density at radius 2 is 1.38 bits per heavy atom. The zero-order valence-electron chi connectivity index (χ0n) is 25.8. The van der Waals surface area contributed by atoms with E-state index in [-0.39, 0.29) is 23.9 Å². The number of hydrogen-bond donors (Lipinski definition) is 2. The highest BCUT2D eigenvalue weighted by Gasteiger charge is 2.37. The van der Waals surface area contributed by atoms with Gasteiger partial charge in [0.15, 0.2) is 11.5 Å². The molecule has 3 N–H and O–H groups in total. The van der Waals surface area contributed by atoms with Crippen molar-refractivity contribution in [1.29, 1.82) is 0 Å². The first-order valence-corrected chi connectivity index (χ1v) is 14.1. The van der Waals surface area contributed by atoms with Crippen molar-refractivity contribution in [2.24, 2.45) is 28.4 Å². The van der Waals surface area contributed by atoms with Crippen molar-refractivity contribution >= 4 is 23.9 Å². The number of benzene rings is 1. The van der Waals surface area contributed by atoms with Crippen molar-refractivity contribution in [2.75, 3.05) is 0 Å². The number of carboxylic acid groups (broad SMARTS) is 1. The maximum Gasteiger partial charge on any atom is 0.321 e. The molecule has 0 radical (unpaired) electrons. The highest BCUT2D eigenvalue weighted by atomic mass is 16.6. The van der Waals surface area contributed by atoms with Crippen LogP contribution in [0.5, 0.6) is 11.5 Å². The van der Waals surface area contributed by atoms with Gasteiger partial charge in [0.2, 0.25) is 0 Å². The van der Waals surface area contributed by atoms with Gasteiger partial charge in [0.05, 0.1) is 10.8 Å². The van der Waals surface area contributed by atoms with Gasteiger partial charge >= 0.3 is 23.9 Å². The highest BCUT2D eigenvalue weighted by Crippen LogP contribution is 2.39. The van der Waals surface area contributed by atoms with Gasteiger partial charge in [-0.3, -0.25) is 19.2 Å². The minimum atomic E-state index is -1.35. The van der Waals surface area contributed by atoms with E-state index in [4.69, 9.17) is 19.9 Å². The maximum atomic E-state index is 13.0. The first-order chi connectivity index (χ1) is 18.4.